The molecule has 2 aliphatic heterocycles. The highest BCUT2D eigenvalue weighted by molar-refractivity contribution is 7.99. The van der Waals surface area contributed by atoms with Gasteiger partial charge in [-0.05, 0) is 42.6 Å². The summed E-state index contributed by atoms with van der Waals surface area (Å²) in [4.78, 5) is 4.60. The number of aliphatic hydroxyl groups excluding tert-OH is 1. The molecule has 3 heterocycles. The van der Waals surface area contributed by atoms with Crippen molar-refractivity contribution in [3.63, 3.8) is 0 Å². The van der Waals surface area contributed by atoms with Crippen LogP contribution in [0.1, 0.15) is 24.4 Å². The molecule has 2 aliphatic rings. The van der Waals surface area contributed by atoms with E-state index in [1.807, 2.05) is 6.20 Å². The number of hydrogen-bond acceptors (Lipinski definition) is 3. The lowest BCUT2D eigenvalue weighted by Crippen LogP contribution is -2.23. The molecule has 4 heteroatoms. The van der Waals surface area contributed by atoms with Crippen molar-refractivity contribution >= 4 is 11.8 Å². The molecule has 0 radical (unpaired) electrons. The molecule has 1 aromatic rings. The first kappa shape index (κ1) is 11.6. The van der Waals surface area contributed by atoms with E-state index in [0.29, 0.717) is 12.5 Å². The normalized spacial score (nSPS) is 28.3. The van der Waals surface area contributed by atoms with Gasteiger partial charge in [0.1, 0.15) is 5.82 Å². The molecule has 0 aromatic carbocycles. The quantitative estimate of drug-likeness (QED) is 0.890. The van der Waals surface area contributed by atoms with Crippen molar-refractivity contribution < 1.29 is 5.11 Å². The van der Waals surface area contributed by atoms with Crippen LogP contribution < -0.4 is 0 Å². The molecule has 2 unspecified atom stereocenters. The highest BCUT2D eigenvalue weighted by Crippen LogP contribution is 2.28. The van der Waals surface area contributed by atoms with Gasteiger partial charge in [0.15, 0.2) is 0 Å². The predicted molar refractivity (Wildman–Crippen MR) is 70.3 cm³/mol. The van der Waals surface area contributed by atoms with E-state index in [9.17, 15) is 5.11 Å². The summed E-state index contributed by atoms with van der Waals surface area (Å²) in [6.07, 6.45) is 6.64. The van der Waals surface area contributed by atoms with E-state index in [2.05, 4.69) is 21.3 Å². The average molecular weight is 252 g/mol. The molecule has 0 spiro atoms. The summed E-state index contributed by atoms with van der Waals surface area (Å²) < 4.78 is 2.40. The number of aliphatic hydroxyl groups is 1. The number of thioether (sulfide) groups is 1. The summed E-state index contributed by atoms with van der Waals surface area (Å²) in [5, 5.41) is 9.22. The molecule has 0 amide bonds. The van der Waals surface area contributed by atoms with Crippen molar-refractivity contribution in [3.8, 4) is 0 Å². The summed E-state index contributed by atoms with van der Waals surface area (Å²) in [7, 11) is 0. The van der Waals surface area contributed by atoms with Gasteiger partial charge in [-0.25, -0.2) is 4.98 Å². The molecule has 3 rings (SSSR count). The van der Waals surface area contributed by atoms with E-state index in [0.717, 1.165) is 31.7 Å². The van der Waals surface area contributed by atoms with Gasteiger partial charge in [-0.2, -0.15) is 11.8 Å². The Morgan fingerprint density at radius 2 is 2.35 bits per heavy atom. The van der Waals surface area contributed by atoms with Crippen LogP contribution in [0.4, 0.5) is 0 Å². The number of nitrogens with zero attached hydrogens (tertiary/aromatic N) is 2. The largest absolute Gasteiger partial charge is 0.396 e. The molecule has 94 valence electrons. The third kappa shape index (κ3) is 2.38. The van der Waals surface area contributed by atoms with E-state index in [-0.39, 0.29) is 0 Å². The Balaban J connectivity index is 1.72. The van der Waals surface area contributed by atoms with Crippen LogP contribution in [0, 0.1) is 11.8 Å². The minimum atomic E-state index is 0.319. The number of fused-ring (bicyclic) bond motifs is 1. The van der Waals surface area contributed by atoms with Crippen LogP contribution >= 0.6 is 11.8 Å². The van der Waals surface area contributed by atoms with Crippen LogP contribution in [0.2, 0.25) is 0 Å². The Morgan fingerprint density at radius 3 is 3.12 bits per heavy atom. The third-order valence-corrected chi connectivity index (χ3v) is 5.26. The predicted octanol–water partition coefficient (Wildman–Crippen LogP) is 1.73. The van der Waals surface area contributed by atoms with E-state index in [1.165, 1.54) is 29.4 Å². The lowest BCUT2D eigenvalue weighted by Gasteiger charge is -2.23. The SMILES string of the molecule is OCC1CCn2c(cnc2CC2CCSC2)C1. The first-order valence-electron chi connectivity index (χ1n) is 6.58. The molecule has 0 saturated carbocycles. The van der Waals surface area contributed by atoms with Gasteiger partial charge in [-0.1, -0.05) is 0 Å². The molecule has 0 bridgehead atoms. The molecule has 1 N–H and O–H groups in total. The molecule has 1 saturated heterocycles. The third-order valence-electron chi connectivity index (χ3n) is 4.03. The highest BCUT2D eigenvalue weighted by atomic mass is 32.2. The monoisotopic (exact) mass is 252 g/mol. The summed E-state index contributed by atoms with van der Waals surface area (Å²) in [6, 6.07) is 0. The van der Waals surface area contributed by atoms with Gasteiger partial charge in [0.05, 0.1) is 0 Å². The topological polar surface area (TPSA) is 38.0 Å². The highest BCUT2D eigenvalue weighted by Gasteiger charge is 2.23. The van der Waals surface area contributed by atoms with Crippen molar-refractivity contribution in [2.75, 3.05) is 18.1 Å². The number of rotatable bonds is 3. The van der Waals surface area contributed by atoms with Crippen molar-refractivity contribution in [2.24, 2.45) is 11.8 Å². The zero-order valence-electron chi connectivity index (χ0n) is 10.1. The van der Waals surface area contributed by atoms with Crippen molar-refractivity contribution in [1.29, 1.82) is 0 Å². The Labute approximate surface area is 107 Å². The van der Waals surface area contributed by atoms with Crippen molar-refractivity contribution in [3.05, 3.63) is 17.7 Å². The fraction of sp³-hybridized carbons (Fsp3) is 0.769. The fourth-order valence-corrected chi connectivity index (χ4v) is 4.21. The second-order valence-electron chi connectivity index (χ2n) is 5.29. The zero-order valence-corrected chi connectivity index (χ0v) is 11.0. The van der Waals surface area contributed by atoms with Crippen LogP contribution in [0.25, 0.3) is 0 Å². The van der Waals surface area contributed by atoms with Gasteiger partial charge in [-0.15, -0.1) is 0 Å². The van der Waals surface area contributed by atoms with Gasteiger partial charge in [0, 0.05) is 31.5 Å². The average Bonchev–Trinajstić information content (AvgIpc) is 2.99. The molecule has 1 aromatic heterocycles. The van der Waals surface area contributed by atoms with Crippen LogP contribution in [0.15, 0.2) is 6.20 Å². The maximum atomic E-state index is 9.22. The molecule has 1 fully saturated rings. The lowest BCUT2D eigenvalue weighted by atomic mass is 9.97. The molecule has 2 atom stereocenters. The van der Waals surface area contributed by atoms with E-state index >= 15 is 0 Å². The number of hydrogen-bond donors (Lipinski definition) is 1. The maximum Gasteiger partial charge on any atom is 0.109 e. The summed E-state index contributed by atoms with van der Waals surface area (Å²) in [5.41, 5.74) is 1.33. The van der Waals surface area contributed by atoms with E-state index in [1.54, 1.807) is 0 Å². The van der Waals surface area contributed by atoms with Gasteiger partial charge < -0.3 is 9.67 Å². The lowest BCUT2D eigenvalue weighted by molar-refractivity contribution is 0.200. The molecule has 0 aliphatic carbocycles. The second-order valence-corrected chi connectivity index (χ2v) is 6.44. The van der Waals surface area contributed by atoms with Crippen LogP contribution in [-0.4, -0.2) is 32.8 Å². The summed E-state index contributed by atoms with van der Waals surface area (Å²) >= 11 is 2.08. The standard InChI is InChI=1S/C13H20N2OS/c16-8-10-1-3-15-12(5-10)7-14-13(15)6-11-2-4-17-9-11/h7,10-11,16H,1-6,8-9H2. The smallest absolute Gasteiger partial charge is 0.109 e. The van der Waals surface area contributed by atoms with Gasteiger partial charge in [-0.3, -0.25) is 0 Å². The second kappa shape index (κ2) is 5.02. The Kier molecular flexibility index (Phi) is 3.43. The van der Waals surface area contributed by atoms with Gasteiger partial charge >= 0.3 is 0 Å². The molecule has 3 nitrogen and oxygen atoms in total. The van der Waals surface area contributed by atoms with Gasteiger partial charge in [0.25, 0.3) is 0 Å². The molecular formula is C13H20N2OS. The molecule has 17 heavy (non-hydrogen) atoms. The van der Waals surface area contributed by atoms with Crippen molar-refractivity contribution in [2.45, 2.75) is 32.2 Å². The van der Waals surface area contributed by atoms with Crippen LogP contribution in [-0.2, 0) is 19.4 Å². The van der Waals surface area contributed by atoms with Crippen molar-refractivity contribution in [1.82, 2.24) is 9.55 Å². The van der Waals surface area contributed by atoms with Gasteiger partial charge in [0.2, 0.25) is 0 Å². The van der Waals surface area contributed by atoms with Crippen LogP contribution in [0.5, 0.6) is 0 Å². The molecular weight excluding hydrogens is 232 g/mol. The Bertz CT molecular complexity index is 385. The Hall–Kier alpha value is -0.480. The van der Waals surface area contributed by atoms with E-state index < -0.39 is 0 Å². The fourth-order valence-electron chi connectivity index (χ4n) is 2.92. The summed E-state index contributed by atoms with van der Waals surface area (Å²) in [5.74, 6) is 5.20. The number of imidazole rings is 1. The maximum absolute atomic E-state index is 9.22. The first-order chi connectivity index (χ1) is 8.36. The first-order valence-corrected chi connectivity index (χ1v) is 7.74. The van der Waals surface area contributed by atoms with Crippen LogP contribution in [0.3, 0.4) is 0 Å². The summed E-state index contributed by atoms with van der Waals surface area (Å²) in [6.45, 7) is 1.37. The number of aromatic nitrogens is 2. The minimum Gasteiger partial charge on any atom is -0.396 e. The minimum absolute atomic E-state index is 0.319. The Morgan fingerprint density at radius 1 is 1.41 bits per heavy atom. The zero-order chi connectivity index (χ0) is 11.7. The van der Waals surface area contributed by atoms with E-state index in [4.69, 9.17) is 0 Å².